The minimum absolute atomic E-state index is 0.0874. The summed E-state index contributed by atoms with van der Waals surface area (Å²) in [5, 5.41) is 10.9. The van der Waals surface area contributed by atoms with Gasteiger partial charge in [-0.05, 0) is 45.4 Å². The Morgan fingerprint density at radius 3 is 2.79 bits per heavy atom. The fourth-order valence-corrected chi connectivity index (χ4v) is 3.70. The van der Waals surface area contributed by atoms with E-state index < -0.39 is 11.7 Å². The lowest BCUT2D eigenvalue weighted by atomic mass is 10.1. The van der Waals surface area contributed by atoms with Crippen LogP contribution in [0.5, 0.6) is 0 Å². The number of carbonyl (C=O) groups is 2. The summed E-state index contributed by atoms with van der Waals surface area (Å²) in [6.07, 6.45) is 1.90. The summed E-state index contributed by atoms with van der Waals surface area (Å²) in [5.74, 6) is 0.960. The lowest BCUT2D eigenvalue weighted by Gasteiger charge is -2.20. The fourth-order valence-electron chi connectivity index (χ4n) is 3.51. The monoisotopic (exact) mass is 469 g/mol. The van der Waals surface area contributed by atoms with Gasteiger partial charge < -0.3 is 9.30 Å². The van der Waals surface area contributed by atoms with Gasteiger partial charge in [-0.3, -0.25) is 15.0 Å². The van der Waals surface area contributed by atoms with E-state index in [2.05, 4.69) is 32.4 Å². The Hall–Kier alpha value is -3.53. The van der Waals surface area contributed by atoms with Crippen molar-refractivity contribution in [3.05, 3.63) is 46.9 Å². The molecule has 0 aromatic carbocycles. The minimum atomic E-state index is -0.684. The molecule has 0 bridgehead atoms. The minimum Gasteiger partial charge on any atom is -0.444 e. The first-order chi connectivity index (χ1) is 15.7. The van der Waals surface area contributed by atoms with Gasteiger partial charge in [-0.2, -0.15) is 0 Å². The molecule has 1 aliphatic rings. The van der Waals surface area contributed by atoms with Crippen LogP contribution in [0.15, 0.2) is 30.6 Å². The number of carbonyl (C=O) groups excluding carboxylic acids is 2. The lowest BCUT2D eigenvalue weighted by Crippen LogP contribution is -2.28. The largest absolute Gasteiger partial charge is 0.444 e. The maximum absolute atomic E-state index is 13.2. The van der Waals surface area contributed by atoms with Crippen molar-refractivity contribution in [2.24, 2.45) is 0 Å². The van der Waals surface area contributed by atoms with Gasteiger partial charge in [0.2, 0.25) is 0 Å². The van der Waals surface area contributed by atoms with Crippen LogP contribution in [0.1, 0.15) is 50.0 Å². The van der Waals surface area contributed by atoms with E-state index in [4.69, 9.17) is 16.3 Å². The number of halogens is 1. The molecule has 0 fully saturated rings. The van der Waals surface area contributed by atoms with Crippen LogP contribution in [0.4, 0.5) is 16.4 Å². The zero-order chi connectivity index (χ0) is 23.8. The van der Waals surface area contributed by atoms with Crippen LogP contribution in [0.2, 0.25) is 5.15 Å². The van der Waals surface area contributed by atoms with Crippen LogP contribution in [0, 0.1) is 0 Å². The molecular weight excluding hydrogens is 446 g/mol. The number of anilines is 2. The number of aryl methyl sites for hydroxylation is 1. The molecule has 0 saturated heterocycles. The van der Waals surface area contributed by atoms with E-state index in [-0.39, 0.29) is 23.4 Å². The summed E-state index contributed by atoms with van der Waals surface area (Å²) >= 11 is 6.14. The van der Waals surface area contributed by atoms with Gasteiger partial charge in [-0.25, -0.2) is 14.8 Å². The molecule has 172 valence electrons. The Kier molecular flexibility index (Phi) is 6.03. The number of pyridine rings is 2. The average Bonchev–Trinajstić information content (AvgIpc) is 3.32. The molecule has 4 heterocycles. The van der Waals surface area contributed by atoms with E-state index in [1.165, 1.54) is 11.0 Å². The summed E-state index contributed by atoms with van der Waals surface area (Å²) in [4.78, 5) is 35.9. The van der Waals surface area contributed by atoms with Crippen molar-refractivity contribution in [1.29, 1.82) is 0 Å². The highest BCUT2D eigenvalue weighted by molar-refractivity contribution is 6.30. The Bertz CT molecular complexity index is 1220. The number of aromatic nitrogens is 5. The molecule has 0 radical (unpaired) electrons. The SMILES string of the molecule is CCCn1cnnc1-c1cccc(N2Cc3c(cc(Cl)nc3NC(=O)OC(C)(C)C)C2=O)n1. The lowest BCUT2D eigenvalue weighted by molar-refractivity contribution is 0.0635. The second-order valence-electron chi connectivity index (χ2n) is 8.57. The molecule has 11 heteroatoms. The Morgan fingerprint density at radius 2 is 2.06 bits per heavy atom. The highest BCUT2D eigenvalue weighted by Gasteiger charge is 2.34. The number of ether oxygens (including phenoxy) is 1. The van der Waals surface area contributed by atoms with Crippen molar-refractivity contribution in [2.75, 3.05) is 10.2 Å². The van der Waals surface area contributed by atoms with Crippen LogP contribution in [-0.4, -0.2) is 42.3 Å². The second kappa shape index (κ2) is 8.78. The van der Waals surface area contributed by atoms with E-state index >= 15 is 0 Å². The number of nitrogens with zero attached hydrogens (tertiary/aromatic N) is 6. The van der Waals surface area contributed by atoms with Crippen molar-refractivity contribution >= 4 is 35.2 Å². The second-order valence-corrected chi connectivity index (χ2v) is 8.95. The number of rotatable bonds is 5. The van der Waals surface area contributed by atoms with Gasteiger partial charge in [0, 0.05) is 12.1 Å². The fraction of sp³-hybridized carbons (Fsp3) is 0.364. The predicted octanol–water partition coefficient (Wildman–Crippen LogP) is 4.31. The topological polar surface area (TPSA) is 115 Å². The first-order valence-electron chi connectivity index (χ1n) is 10.5. The van der Waals surface area contributed by atoms with E-state index in [0.717, 1.165) is 13.0 Å². The average molecular weight is 470 g/mol. The van der Waals surface area contributed by atoms with Crippen LogP contribution in [-0.2, 0) is 17.8 Å². The van der Waals surface area contributed by atoms with Gasteiger partial charge in [-0.1, -0.05) is 24.6 Å². The molecule has 3 aromatic rings. The molecule has 1 N–H and O–H groups in total. The molecule has 0 spiro atoms. The summed E-state index contributed by atoms with van der Waals surface area (Å²) in [6.45, 7) is 8.26. The van der Waals surface area contributed by atoms with Crippen LogP contribution < -0.4 is 10.2 Å². The highest BCUT2D eigenvalue weighted by Crippen LogP contribution is 2.33. The van der Waals surface area contributed by atoms with Gasteiger partial charge in [0.15, 0.2) is 5.82 Å². The van der Waals surface area contributed by atoms with E-state index in [0.29, 0.717) is 28.5 Å². The molecule has 10 nitrogen and oxygen atoms in total. The van der Waals surface area contributed by atoms with Gasteiger partial charge >= 0.3 is 6.09 Å². The quantitative estimate of drug-likeness (QED) is 0.553. The van der Waals surface area contributed by atoms with Crippen molar-refractivity contribution < 1.29 is 14.3 Å². The number of amides is 2. The molecule has 0 saturated carbocycles. The van der Waals surface area contributed by atoms with Crippen molar-refractivity contribution in [2.45, 2.75) is 52.8 Å². The van der Waals surface area contributed by atoms with E-state index in [1.807, 2.05) is 16.7 Å². The van der Waals surface area contributed by atoms with Crippen LogP contribution in [0.3, 0.4) is 0 Å². The Balaban J connectivity index is 1.64. The van der Waals surface area contributed by atoms with Crippen LogP contribution >= 0.6 is 11.6 Å². The van der Waals surface area contributed by atoms with Gasteiger partial charge in [-0.15, -0.1) is 10.2 Å². The standard InChI is InChI=1S/C22H24ClN7O3/c1-5-9-29-12-24-28-19(29)15-7-6-8-17(25-15)30-11-14-13(20(30)31)10-16(23)26-18(14)27-21(32)33-22(2,3)4/h6-8,10,12H,5,9,11H2,1-4H3,(H,26,27,32). The predicted molar refractivity (Wildman–Crippen MR) is 123 cm³/mol. The molecule has 33 heavy (non-hydrogen) atoms. The molecule has 2 amide bonds. The molecule has 3 aromatic heterocycles. The number of fused-ring (bicyclic) bond motifs is 1. The van der Waals surface area contributed by atoms with E-state index in [1.54, 1.807) is 33.2 Å². The van der Waals surface area contributed by atoms with Crippen molar-refractivity contribution in [3.63, 3.8) is 0 Å². The molecular formula is C22H24ClN7O3. The van der Waals surface area contributed by atoms with E-state index in [9.17, 15) is 9.59 Å². The summed E-state index contributed by atoms with van der Waals surface area (Å²) in [7, 11) is 0. The normalized spacial score (nSPS) is 13.2. The highest BCUT2D eigenvalue weighted by atomic mass is 35.5. The molecule has 1 aliphatic heterocycles. The maximum Gasteiger partial charge on any atom is 0.413 e. The van der Waals surface area contributed by atoms with Gasteiger partial charge in [0.1, 0.15) is 34.4 Å². The zero-order valence-corrected chi connectivity index (χ0v) is 19.5. The van der Waals surface area contributed by atoms with Crippen molar-refractivity contribution in [3.8, 4) is 11.5 Å². The summed E-state index contributed by atoms with van der Waals surface area (Å²) in [6, 6.07) is 6.86. The number of nitrogens with one attached hydrogen (secondary N) is 1. The third-order valence-corrected chi connectivity index (χ3v) is 5.02. The van der Waals surface area contributed by atoms with Gasteiger partial charge in [0.05, 0.1) is 12.1 Å². The molecule has 0 atom stereocenters. The van der Waals surface area contributed by atoms with Gasteiger partial charge in [0.25, 0.3) is 5.91 Å². The summed E-state index contributed by atoms with van der Waals surface area (Å²) < 4.78 is 7.22. The number of hydrogen-bond acceptors (Lipinski definition) is 7. The number of hydrogen-bond donors (Lipinski definition) is 1. The van der Waals surface area contributed by atoms with Crippen LogP contribution in [0.25, 0.3) is 11.5 Å². The van der Waals surface area contributed by atoms with Crippen molar-refractivity contribution in [1.82, 2.24) is 24.7 Å². The molecule has 4 rings (SSSR count). The first kappa shape index (κ1) is 22.7. The third kappa shape index (κ3) is 4.80. The third-order valence-electron chi connectivity index (χ3n) is 4.82. The first-order valence-corrected chi connectivity index (χ1v) is 10.9. The smallest absolute Gasteiger partial charge is 0.413 e. The molecule has 0 aliphatic carbocycles. The Morgan fingerprint density at radius 1 is 1.27 bits per heavy atom. The maximum atomic E-state index is 13.2. The Labute approximate surface area is 196 Å². The summed E-state index contributed by atoms with van der Waals surface area (Å²) in [5.41, 5.74) is 0.806. The zero-order valence-electron chi connectivity index (χ0n) is 18.8. The molecule has 0 unspecified atom stereocenters.